The van der Waals surface area contributed by atoms with Crippen LogP contribution in [0, 0.1) is 13.8 Å². The summed E-state index contributed by atoms with van der Waals surface area (Å²) in [6, 6.07) is 5.80. The second-order valence-electron chi connectivity index (χ2n) is 5.52. The molecule has 0 aromatic heterocycles. The van der Waals surface area contributed by atoms with Gasteiger partial charge in [0.2, 0.25) is 15.9 Å². The lowest BCUT2D eigenvalue weighted by Crippen LogP contribution is -2.38. The van der Waals surface area contributed by atoms with E-state index in [1.807, 2.05) is 32.0 Å². The zero-order valence-corrected chi connectivity index (χ0v) is 12.8. The molecule has 2 rings (SSSR count). The highest BCUT2D eigenvalue weighted by molar-refractivity contribution is 7.90. The van der Waals surface area contributed by atoms with Crippen LogP contribution >= 0.6 is 0 Å². The predicted molar refractivity (Wildman–Crippen MR) is 78.9 cm³/mol. The van der Waals surface area contributed by atoms with E-state index in [2.05, 4.69) is 4.72 Å². The second-order valence-corrected chi connectivity index (χ2v) is 7.48. The molecule has 0 bridgehead atoms. The monoisotopic (exact) mass is 295 g/mol. The Labute approximate surface area is 120 Å². The number of nitrogens with one attached hydrogen (secondary N) is 1. The van der Waals surface area contributed by atoms with Crippen molar-refractivity contribution in [2.45, 2.75) is 51.2 Å². The Morgan fingerprint density at radius 3 is 2.30 bits per heavy atom. The molecular weight excluding hydrogens is 274 g/mol. The minimum Gasteiger partial charge on any atom is -0.274 e. The van der Waals surface area contributed by atoms with Gasteiger partial charge in [0.05, 0.1) is 11.7 Å². The van der Waals surface area contributed by atoms with Gasteiger partial charge >= 0.3 is 0 Å². The third kappa shape index (κ3) is 3.39. The molecule has 0 heterocycles. The zero-order chi connectivity index (χ0) is 14.8. The highest BCUT2D eigenvalue weighted by Gasteiger charge is 2.30. The van der Waals surface area contributed by atoms with E-state index < -0.39 is 21.2 Å². The van der Waals surface area contributed by atoms with E-state index in [1.54, 1.807) is 0 Å². The number of carbonyl (C=O) groups is 1. The largest absolute Gasteiger partial charge is 0.274 e. The van der Waals surface area contributed by atoms with Gasteiger partial charge in [-0.2, -0.15) is 0 Å². The molecule has 1 amide bonds. The first-order valence-corrected chi connectivity index (χ1v) is 8.54. The smallest absolute Gasteiger partial charge is 0.237 e. The first-order valence-electron chi connectivity index (χ1n) is 6.99. The van der Waals surface area contributed by atoms with E-state index in [9.17, 15) is 13.2 Å². The maximum absolute atomic E-state index is 12.1. The molecule has 5 heteroatoms. The van der Waals surface area contributed by atoms with E-state index in [0.29, 0.717) is 12.8 Å². The summed E-state index contributed by atoms with van der Waals surface area (Å²) >= 11 is 0. The average molecular weight is 295 g/mol. The van der Waals surface area contributed by atoms with Crippen molar-refractivity contribution in [2.75, 3.05) is 0 Å². The van der Waals surface area contributed by atoms with Crippen LogP contribution < -0.4 is 4.72 Å². The summed E-state index contributed by atoms with van der Waals surface area (Å²) in [5.74, 6) is -0.436. The van der Waals surface area contributed by atoms with E-state index in [-0.39, 0.29) is 6.42 Å². The highest BCUT2D eigenvalue weighted by atomic mass is 32.2. The van der Waals surface area contributed by atoms with Crippen molar-refractivity contribution in [2.24, 2.45) is 0 Å². The summed E-state index contributed by atoms with van der Waals surface area (Å²) < 4.78 is 26.4. The summed E-state index contributed by atoms with van der Waals surface area (Å²) in [6.45, 7) is 3.86. The van der Waals surface area contributed by atoms with Crippen LogP contribution in [0.5, 0.6) is 0 Å². The minimum absolute atomic E-state index is 0.116. The lowest BCUT2D eigenvalue weighted by atomic mass is 10.0. The molecule has 20 heavy (non-hydrogen) atoms. The molecule has 1 aliphatic carbocycles. The van der Waals surface area contributed by atoms with Crippen LogP contribution in [0.3, 0.4) is 0 Å². The number of sulfonamides is 1. The van der Waals surface area contributed by atoms with E-state index in [4.69, 9.17) is 0 Å². The fourth-order valence-corrected chi connectivity index (χ4v) is 4.28. The van der Waals surface area contributed by atoms with Crippen molar-refractivity contribution in [3.63, 3.8) is 0 Å². The lowest BCUT2D eigenvalue weighted by Gasteiger charge is -2.14. The van der Waals surface area contributed by atoms with Crippen molar-refractivity contribution >= 4 is 15.9 Å². The fraction of sp³-hybridized carbons (Fsp3) is 0.533. The molecule has 4 nitrogen and oxygen atoms in total. The van der Waals surface area contributed by atoms with Crippen LogP contribution in [0.15, 0.2) is 18.2 Å². The molecule has 0 aliphatic heterocycles. The van der Waals surface area contributed by atoms with Crippen molar-refractivity contribution in [3.8, 4) is 0 Å². The molecule has 0 radical (unpaired) electrons. The van der Waals surface area contributed by atoms with E-state index in [1.165, 1.54) is 0 Å². The molecule has 110 valence electrons. The van der Waals surface area contributed by atoms with Crippen LogP contribution in [0.2, 0.25) is 0 Å². The summed E-state index contributed by atoms with van der Waals surface area (Å²) in [4.78, 5) is 12.0. The topological polar surface area (TPSA) is 63.2 Å². The molecular formula is C15H21NO3S. The van der Waals surface area contributed by atoms with Crippen molar-refractivity contribution in [1.29, 1.82) is 0 Å². The molecule has 1 saturated carbocycles. The van der Waals surface area contributed by atoms with Gasteiger partial charge < -0.3 is 0 Å². The number of benzene rings is 1. The first kappa shape index (κ1) is 15.0. The lowest BCUT2D eigenvalue weighted by molar-refractivity contribution is -0.118. The molecule has 1 N–H and O–H groups in total. The van der Waals surface area contributed by atoms with Gasteiger partial charge in [-0.25, -0.2) is 8.42 Å². The number of rotatable bonds is 4. The molecule has 1 fully saturated rings. The third-order valence-corrected chi connectivity index (χ3v) is 5.84. The Morgan fingerprint density at radius 2 is 1.75 bits per heavy atom. The number of aryl methyl sites for hydroxylation is 2. The molecule has 1 aromatic carbocycles. The van der Waals surface area contributed by atoms with Gasteiger partial charge in [0.1, 0.15) is 0 Å². The van der Waals surface area contributed by atoms with Crippen LogP contribution in [0.4, 0.5) is 0 Å². The number of amides is 1. The maximum atomic E-state index is 12.1. The quantitative estimate of drug-likeness (QED) is 0.926. The van der Waals surface area contributed by atoms with Crippen LogP contribution in [0.1, 0.15) is 42.4 Å². The van der Waals surface area contributed by atoms with Gasteiger partial charge in [-0.05, 0) is 43.4 Å². The fourth-order valence-electron chi connectivity index (χ4n) is 2.77. The van der Waals surface area contributed by atoms with Gasteiger partial charge in [0, 0.05) is 0 Å². The van der Waals surface area contributed by atoms with Gasteiger partial charge in [-0.15, -0.1) is 0 Å². The van der Waals surface area contributed by atoms with Gasteiger partial charge in [-0.1, -0.05) is 31.0 Å². The van der Waals surface area contributed by atoms with Gasteiger partial charge in [0.15, 0.2) is 0 Å². The second kappa shape index (κ2) is 5.95. The van der Waals surface area contributed by atoms with Crippen molar-refractivity contribution < 1.29 is 13.2 Å². The SMILES string of the molecule is Cc1cccc(C)c1CC(=O)NS(=O)(=O)C1CCCC1. The standard InChI is InChI=1S/C15H21NO3S/c1-11-6-5-7-12(2)14(11)10-15(17)16-20(18,19)13-8-3-4-9-13/h5-7,13H,3-4,8-10H2,1-2H3,(H,16,17). The van der Waals surface area contributed by atoms with Crippen LogP contribution in [-0.4, -0.2) is 19.6 Å². The highest BCUT2D eigenvalue weighted by Crippen LogP contribution is 2.24. The van der Waals surface area contributed by atoms with Gasteiger partial charge in [-0.3, -0.25) is 9.52 Å². The van der Waals surface area contributed by atoms with Crippen molar-refractivity contribution in [3.05, 3.63) is 34.9 Å². The zero-order valence-electron chi connectivity index (χ0n) is 12.0. The Kier molecular flexibility index (Phi) is 4.48. The summed E-state index contributed by atoms with van der Waals surface area (Å²) in [5.41, 5.74) is 2.93. The van der Waals surface area contributed by atoms with Crippen LogP contribution in [0.25, 0.3) is 0 Å². The number of carbonyl (C=O) groups excluding carboxylic acids is 1. The van der Waals surface area contributed by atoms with Crippen molar-refractivity contribution in [1.82, 2.24) is 4.72 Å². The average Bonchev–Trinajstić information content (AvgIpc) is 2.88. The molecule has 0 spiro atoms. The first-order chi connectivity index (χ1) is 9.40. The molecule has 0 atom stereocenters. The summed E-state index contributed by atoms with van der Waals surface area (Å²) in [6.07, 6.45) is 3.29. The van der Waals surface area contributed by atoms with E-state index >= 15 is 0 Å². The Bertz CT molecular complexity index is 581. The Hall–Kier alpha value is -1.36. The van der Waals surface area contributed by atoms with Gasteiger partial charge in [0.25, 0.3) is 0 Å². The summed E-state index contributed by atoms with van der Waals surface area (Å²) in [5, 5.41) is -0.399. The van der Waals surface area contributed by atoms with Crippen LogP contribution in [-0.2, 0) is 21.2 Å². The third-order valence-electron chi connectivity index (χ3n) is 3.98. The molecule has 1 aliphatic rings. The minimum atomic E-state index is -3.50. The number of hydrogen-bond donors (Lipinski definition) is 1. The normalized spacial score (nSPS) is 16.3. The summed E-state index contributed by atoms with van der Waals surface area (Å²) in [7, 11) is -3.50. The number of hydrogen-bond acceptors (Lipinski definition) is 3. The Balaban J connectivity index is 2.06. The molecule has 0 unspecified atom stereocenters. The maximum Gasteiger partial charge on any atom is 0.237 e. The molecule has 0 saturated heterocycles. The Morgan fingerprint density at radius 1 is 1.20 bits per heavy atom. The predicted octanol–water partition coefficient (Wildman–Crippen LogP) is 2.23. The van der Waals surface area contributed by atoms with E-state index in [0.717, 1.165) is 29.5 Å². The molecule has 1 aromatic rings.